The number of aromatic nitrogens is 1. The number of H-pyrrole nitrogens is 1. The number of unbranched alkanes of at least 4 members (excludes halogenated alkanes) is 1. The summed E-state index contributed by atoms with van der Waals surface area (Å²) in [6, 6.07) is 5.85. The van der Waals surface area contributed by atoms with E-state index in [9.17, 15) is 18.0 Å². The van der Waals surface area contributed by atoms with Crippen LogP contribution < -0.4 is 10.9 Å². The molecular formula is C25H38N4O4S. The second-order valence-electron chi connectivity index (χ2n) is 8.97. The largest absolute Gasteiger partial charge is 0.352 e. The topological polar surface area (TPSA) is 103 Å². The van der Waals surface area contributed by atoms with Crippen molar-refractivity contribution >= 4 is 26.8 Å². The van der Waals surface area contributed by atoms with E-state index in [1.165, 1.54) is 22.5 Å². The molecule has 1 fully saturated rings. The van der Waals surface area contributed by atoms with Crippen molar-refractivity contribution in [3.05, 3.63) is 40.2 Å². The number of nitrogens with zero attached hydrogens (tertiary/aromatic N) is 2. The van der Waals surface area contributed by atoms with Gasteiger partial charge in [0.05, 0.1) is 10.5 Å². The highest BCUT2D eigenvalue weighted by atomic mass is 32.2. The Kier molecular flexibility index (Phi) is 9.67. The van der Waals surface area contributed by atoms with Crippen molar-refractivity contribution < 1.29 is 13.2 Å². The first kappa shape index (κ1) is 26.4. The number of aromatic amines is 1. The van der Waals surface area contributed by atoms with E-state index in [2.05, 4.69) is 29.0 Å². The highest BCUT2D eigenvalue weighted by molar-refractivity contribution is 7.89. The molecule has 1 amide bonds. The number of rotatable bonds is 11. The summed E-state index contributed by atoms with van der Waals surface area (Å²) in [6.45, 7) is 8.72. The minimum Gasteiger partial charge on any atom is -0.352 e. The maximum Gasteiger partial charge on any atom is 0.252 e. The second-order valence-corrected chi connectivity index (χ2v) is 10.9. The van der Waals surface area contributed by atoms with Crippen LogP contribution in [0.25, 0.3) is 10.9 Å². The molecule has 188 valence electrons. The molecule has 0 bridgehead atoms. The number of amides is 1. The van der Waals surface area contributed by atoms with E-state index in [0.717, 1.165) is 64.6 Å². The number of fused-ring (bicyclic) bond motifs is 1. The molecule has 0 unspecified atom stereocenters. The first-order chi connectivity index (χ1) is 16.4. The van der Waals surface area contributed by atoms with Crippen molar-refractivity contribution in [1.82, 2.24) is 19.5 Å². The summed E-state index contributed by atoms with van der Waals surface area (Å²) in [6.07, 6.45) is 6.87. The number of sulfonamides is 1. The maximum atomic E-state index is 13.3. The van der Waals surface area contributed by atoms with Crippen LogP contribution in [0.15, 0.2) is 34.0 Å². The minimum absolute atomic E-state index is 0.150. The summed E-state index contributed by atoms with van der Waals surface area (Å²) >= 11 is 0. The van der Waals surface area contributed by atoms with Crippen molar-refractivity contribution in [3.8, 4) is 0 Å². The average Bonchev–Trinajstić information content (AvgIpc) is 3.13. The zero-order valence-corrected chi connectivity index (χ0v) is 21.3. The molecule has 0 saturated carbocycles. The van der Waals surface area contributed by atoms with Crippen molar-refractivity contribution in [2.75, 3.05) is 39.3 Å². The molecule has 0 radical (unpaired) electrons. The van der Waals surface area contributed by atoms with Crippen molar-refractivity contribution in [1.29, 1.82) is 0 Å². The molecule has 0 aliphatic carbocycles. The first-order valence-electron chi connectivity index (χ1n) is 12.5. The SMILES string of the molecule is CCCCN(CC)CCCNC(=O)c1cc(=O)[nH]c2ccc(S(=O)(=O)N3CCCCCC3)cc12. The summed E-state index contributed by atoms with van der Waals surface area (Å²) in [5.41, 5.74) is 0.256. The van der Waals surface area contributed by atoms with Gasteiger partial charge in [-0.2, -0.15) is 4.31 Å². The van der Waals surface area contributed by atoms with Gasteiger partial charge in [-0.05, 0) is 63.5 Å². The number of carbonyl (C=O) groups is 1. The molecule has 0 atom stereocenters. The van der Waals surface area contributed by atoms with E-state index >= 15 is 0 Å². The zero-order chi connectivity index (χ0) is 24.6. The fourth-order valence-electron chi connectivity index (χ4n) is 4.42. The summed E-state index contributed by atoms with van der Waals surface area (Å²) in [7, 11) is -3.67. The van der Waals surface area contributed by atoms with Crippen LogP contribution in [-0.2, 0) is 10.0 Å². The summed E-state index contributed by atoms with van der Waals surface area (Å²) in [5.74, 6) is -0.364. The zero-order valence-electron chi connectivity index (χ0n) is 20.4. The molecule has 1 saturated heterocycles. The van der Waals surface area contributed by atoms with Crippen LogP contribution in [0, 0.1) is 0 Å². The van der Waals surface area contributed by atoms with Crippen LogP contribution in [0.4, 0.5) is 0 Å². The first-order valence-corrected chi connectivity index (χ1v) is 14.0. The smallest absolute Gasteiger partial charge is 0.252 e. The van der Waals surface area contributed by atoms with E-state index in [-0.39, 0.29) is 16.4 Å². The lowest BCUT2D eigenvalue weighted by molar-refractivity contribution is 0.0953. The highest BCUT2D eigenvalue weighted by Crippen LogP contribution is 2.24. The van der Waals surface area contributed by atoms with E-state index in [1.54, 1.807) is 6.07 Å². The highest BCUT2D eigenvalue weighted by Gasteiger charge is 2.26. The molecule has 0 spiro atoms. The third-order valence-electron chi connectivity index (χ3n) is 6.47. The number of benzene rings is 1. The van der Waals surface area contributed by atoms with Gasteiger partial charge in [-0.3, -0.25) is 9.59 Å². The Morgan fingerprint density at radius 2 is 1.76 bits per heavy atom. The molecule has 1 aromatic heterocycles. The standard InChI is InChI=1S/C25H38N4O4S/c1-3-5-14-28(4-2)15-10-13-26-25(31)22-19-24(30)27-23-12-11-20(18-21(22)23)34(32,33)29-16-8-6-7-9-17-29/h11-12,18-19H,3-10,13-17H2,1-2H3,(H,26,31)(H,27,30). The Bertz CT molecular complexity index is 1120. The van der Waals surface area contributed by atoms with Gasteiger partial charge in [0, 0.05) is 36.6 Å². The lowest BCUT2D eigenvalue weighted by Crippen LogP contribution is -2.32. The summed E-state index contributed by atoms with van der Waals surface area (Å²) in [4.78, 5) is 30.4. The van der Waals surface area contributed by atoms with Gasteiger partial charge in [-0.25, -0.2) is 8.42 Å². The van der Waals surface area contributed by atoms with E-state index < -0.39 is 15.6 Å². The lowest BCUT2D eigenvalue weighted by Gasteiger charge is -2.20. The Morgan fingerprint density at radius 1 is 1.06 bits per heavy atom. The maximum absolute atomic E-state index is 13.3. The van der Waals surface area contributed by atoms with Crippen LogP contribution in [0.2, 0.25) is 0 Å². The van der Waals surface area contributed by atoms with Gasteiger partial charge in [-0.15, -0.1) is 0 Å². The minimum atomic E-state index is -3.67. The van der Waals surface area contributed by atoms with Gasteiger partial charge < -0.3 is 15.2 Å². The molecule has 2 N–H and O–H groups in total. The molecule has 1 aliphatic heterocycles. The lowest BCUT2D eigenvalue weighted by atomic mass is 10.1. The molecule has 34 heavy (non-hydrogen) atoms. The molecule has 1 aliphatic rings. The molecule has 1 aromatic carbocycles. The Labute approximate surface area is 202 Å². The van der Waals surface area contributed by atoms with Crippen LogP contribution in [0.5, 0.6) is 0 Å². The van der Waals surface area contributed by atoms with Crippen LogP contribution in [-0.4, -0.2) is 67.8 Å². The van der Waals surface area contributed by atoms with Crippen molar-refractivity contribution in [2.24, 2.45) is 0 Å². The number of pyridine rings is 1. The third-order valence-corrected chi connectivity index (χ3v) is 8.37. The Balaban J connectivity index is 1.78. The molecule has 9 heteroatoms. The van der Waals surface area contributed by atoms with Gasteiger partial charge >= 0.3 is 0 Å². The summed E-state index contributed by atoms with van der Waals surface area (Å²) < 4.78 is 28.0. The monoisotopic (exact) mass is 490 g/mol. The number of carbonyl (C=O) groups excluding carboxylic acids is 1. The quantitative estimate of drug-likeness (QED) is 0.471. The van der Waals surface area contributed by atoms with Gasteiger partial charge in [-0.1, -0.05) is 33.1 Å². The second kappa shape index (κ2) is 12.5. The molecule has 8 nitrogen and oxygen atoms in total. The molecule has 3 rings (SSSR count). The van der Waals surface area contributed by atoms with Crippen LogP contribution >= 0.6 is 0 Å². The van der Waals surface area contributed by atoms with E-state index in [0.29, 0.717) is 30.5 Å². The molecule has 2 aromatic rings. The predicted octanol–water partition coefficient (Wildman–Crippen LogP) is 3.33. The van der Waals surface area contributed by atoms with Crippen LogP contribution in [0.1, 0.15) is 69.2 Å². The third kappa shape index (κ3) is 6.67. The number of nitrogens with one attached hydrogen (secondary N) is 2. The Hall–Kier alpha value is -2.23. The fraction of sp³-hybridized carbons (Fsp3) is 0.600. The van der Waals surface area contributed by atoms with E-state index in [4.69, 9.17) is 0 Å². The van der Waals surface area contributed by atoms with Gasteiger partial charge in [0.15, 0.2) is 0 Å². The number of hydrogen-bond acceptors (Lipinski definition) is 5. The molecular weight excluding hydrogens is 452 g/mol. The predicted molar refractivity (Wildman–Crippen MR) is 136 cm³/mol. The van der Waals surface area contributed by atoms with Crippen molar-refractivity contribution in [2.45, 2.75) is 63.7 Å². The average molecular weight is 491 g/mol. The van der Waals surface area contributed by atoms with Crippen LogP contribution in [0.3, 0.4) is 0 Å². The number of hydrogen-bond donors (Lipinski definition) is 2. The van der Waals surface area contributed by atoms with Crippen molar-refractivity contribution in [3.63, 3.8) is 0 Å². The Morgan fingerprint density at radius 3 is 2.44 bits per heavy atom. The fourth-order valence-corrected chi connectivity index (χ4v) is 5.97. The van der Waals surface area contributed by atoms with Gasteiger partial charge in [0.1, 0.15) is 0 Å². The normalized spacial score (nSPS) is 15.5. The summed E-state index contributed by atoms with van der Waals surface area (Å²) in [5, 5.41) is 3.34. The van der Waals surface area contributed by atoms with Gasteiger partial charge in [0.2, 0.25) is 15.6 Å². The van der Waals surface area contributed by atoms with E-state index in [1.807, 2.05) is 0 Å². The van der Waals surface area contributed by atoms with Gasteiger partial charge in [0.25, 0.3) is 5.91 Å². The molecule has 2 heterocycles.